The van der Waals surface area contributed by atoms with Crippen molar-refractivity contribution in [3.05, 3.63) is 0 Å². The highest BCUT2D eigenvalue weighted by Gasteiger charge is 2.37. The molecule has 8 nitrogen and oxygen atoms in total. The Bertz CT molecular complexity index is 389. The third kappa shape index (κ3) is 15.1. The van der Waals surface area contributed by atoms with E-state index >= 15 is 0 Å². The predicted molar refractivity (Wildman–Crippen MR) is 131 cm³/mol. The summed E-state index contributed by atoms with van der Waals surface area (Å²) in [5.74, 6) is 0. The second kappa shape index (κ2) is 20.5. The van der Waals surface area contributed by atoms with Crippen LogP contribution in [0.2, 0.25) is 12.1 Å². The normalized spacial score (nSPS) is 16.0. The molecule has 194 valence electrons. The van der Waals surface area contributed by atoms with Gasteiger partial charge in [-0.05, 0) is 12.8 Å². The Labute approximate surface area is 199 Å². The molecular formula is C22H50O8Si2. The maximum Gasteiger partial charge on any atom is 0.500 e. The second-order valence-corrected chi connectivity index (χ2v) is 14.1. The molecule has 1 atom stereocenters. The number of hydrogen-bond donors (Lipinski definition) is 0. The van der Waals surface area contributed by atoms with Gasteiger partial charge in [0.15, 0.2) is 0 Å². The number of hydrogen-bond acceptors (Lipinski definition) is 8. The van der Waals surface area contributed by atoms with Crippen molar-refractivity contribution in [2.45, 2.75) is 82.9 Å². The fraction of sp³-hybridized carbons (Fsp3) is 1.00. The average molecular weight is 499 g/mol. The zero-order chi connectivity index (χ0) is 24.1. The smallest absolute Gasteiger partial charge is 0.379 e. The Morgan fingerprint density at radius 2 is 1.03 bits per heavy atom. The fourth-order valence-corrected chi connectivity index (χ4v) is 6.84. The van der Waals surface area contributed by atoms with E-state index in [0.29, 0.717) is 19.3 Å². The first-order chi connectivity index (χ1) is 15.5. The third-order valence-electron chi connectivity index (χ3n) is 5.68. The average Bonchev–Trinajstić information content (AvgIpc) is 3.66. The monoisotopic (exact) mass is 498 g/mol. The zero-order valence-corrected chi connectivity index (χ0v) is 23.7. The van der Waals surface area contributed by atoms with Gasteiger partial charge in [-0.15, -0.1) is 0 Å². The van der Waals surface area contributed by atoms with Crippen LogP contribution in [0.1, 0.15) is 64.7 Å². The minimum atomic E-state index is -2.39. The van der Waals surface area contributed by atoms with E-state index in [1.807, 2.05) is 0 Å². The lowest BCUT2D eigenvalue weighted by Gasteiger charge is -2.24. The van der Waals surface area contributed by atoms with Crippen LogP contribution in [-0.2, 0) is 36.0 Å². The molecular weight excluding hydrogens is 448 g/mol. The molecule has 0 aromatic heterocycles. The standard InChI is InChI=1S/C13H30O3Si.C9H20O5Si/c1-5-6-7-8-9-10-11-12-13-17(14-2,15-3)16-4;1-10-15(11-2,12-3)6-4-5-13-7-9-8-14-9/h5-13H2,1-4H3;9H,4-8H2,1-3H3. The summed E-state index contributed by atoms with van der Waals surface area (Å²) < 4.78 is 42.5. The highest BCUT2D eigenvalue weighted by Crippen LogP contribution is 2.18. The minimum Gasteiger partial charge on any atom is -0.379 e. The van der Waals surface area contributed by atoms with Crippen molar-refractivity contribution in [3.63, 3.8) is 0 Å². The molecule has 1 aliphatic rings. The van der Waals surface area contributed by atoms with E-state index in [1.54, 1.807) is 42.7 Å². The summed E-state index contributed by atoms with van der Waals surface area (Å²) in [5.41, 5.74) is 0. The van der Waals surface area contributed by atoms with E-state index in [-0.39, 0.29) is 0 Å². The lowest BCUT2D eigenvalue weighted by molar-refractivity contribution is 0.100. The highest BCUT2D eigenvalue weighted by atomic mass is 28.4. The van der Waals surface area contributed by atoms with E-state index in [2.05, 4.69) is 6.92 Å². The highest BCUT2D eigenvalue weighted by molar-refractivity contribution is 6.60. The number of epoxide rings is 1. The van der Waals surface area contributed by atoms with Crippen molar-refractivity contribution in [2.24, 2.45) is 0 Å². The van der Waals surface area contributed by atoms with Crippen LogP contribution in [0, 0.1) is 0 Å². The summed E-state index contributed by atoms with van der Waals surface area (Å²) in [5, 5.41) is 0. The summed E-state index contributed by atoms with van der Waals surface area (Å²) in [4.78, 5) is 0. The van der Waals surface area contributed by atoms with Gasteiger partial charge >= 0.3 is 17.6 Å². The van der Waals surface area contributed by atoms with Crippen molar-refractivity contribution in [1.82, 2.24) is 0 Å². The van der Waals surface area contributed by atoms with Gasteiger partial charge in [-0.2, -0.15) is 0 Å². The summed E-state index contributed by atoms with van der Waals surface area (Å²) >= 11 is 0. The SMILES string of the molecule is CCCCCCCCCC[Si](OC)(OC)OC.CO[Si](CCCOCC1CO1)(OC)OC. The number of ether oxygens (including phenoxy) is 2. The first-order valence-corrected chi connectivity index (χ1v) is 15.9. The summed E-state index contributed by atoms with van der Waals surface area (Å²) in [6.45, 7) is 4.49. The van der Waals surface area contributed by atoms with Crippen molar-refractivity contribution < 1.29 is 36.0 Å². The maximum absolute atomic E-state index is 5.42. The molecule has 0 radical (unpaired) electrons. The molecule has 0 aliphatic carbocycles. The number of rotatable bonds is 21. The molecule has 0 spiro atoms. The Morgan fingerprint density at radius 3 is 1.44 bits per heavy atom. The van der Waals surface area contributed by atoms with E-state index in [1.165, 1.54) is 44.9 Å². The van der Waals surface area contributed by atoms with Gasteiger partial charge in [-0.1, -0.05) is 51.9 Å². The van der Waals surface area contributed by atoms with Gasteiger partial charge < -0.3 is 36.0 Å². The second-order valence-electron chi connectivity index (χ2n) is 7.95. The van der Waals surface area contributed by atoms with E-state index in [4.69, 9.17) is 36.0 Å². The molecule has 32 heavy (non-hydrogen) atoms. The third-order valence-corrected chi connectivity index (χ3v) is 11.3. The summed E-state index contributed by atoms with van der Waals surface area (Å²) in [7, 11) is 5.23. The van der Waals surface area contributed by atoms with E-state index in [0.717, 1.165) is 31.5 Å². The topological polar surface area (TPSA) is 77.1 Å². The molecule has 1 rings (SSSR count). The van der Waals surface area contributed by atoms with Crippen molar-refractivity contribution in [3.8, 4) is 0 Å². The van der Waals surface area contributed by atoms with Crippen LogP contribution in [0.15, 0.2) is 0 Å². The number of unbranched alkanes of at least 4 members (excludes halogenated alkanes) is 7. The van der Waals surface area contributed by atoms with Gasteiger partial charge in [-0.3, -0.25) is 0 Å². The maximum atomic E-state index is 5.42. The molecule has 1 fully saturated rings. The lowest BCUT2D eigenvalue weighted by atomic mass is 10.1. The van der Waals surface area contributed by atoms with Gasteiger partial charge in [0.25, 0.3) is 0 Å². The molecule has 1 unspecified atom stereocenters. The predicted octanol–water partition coefficient (Wildman–Crippen LogP) is 4.68. The van der Waals surface area contributed by atoms with Gasteiger partial charge in [0.05, 0.1) is 13.2 Å². The van der Waals surface area contributed by atoms with Crippen LogP contribution >= 0.6 is 0 Å². The fourth-order valence-electron chi connectivity index (χ4n) is 3.36. The molecule has 1 aliphatic heterocycles. The van der Waals surface area contributed by atoms with Crippen LogP contribution in [-0.4, -0.2) is 86.2 Å². The van der Waals surface area contributed by atoms with Gasteiger partial charge in [0.1, 0.15) is 6.10 Å². The summed E-state index contributed by atoms with van der Waals surface area (Å²) in [6.07, 6.45) is 11.8. The summed E-state index contributed by atoms with van der Waals surface area (Å²) in [6, 6.07) is 1.72. The van der Waals surface area contributed by atoms with Gasteiger partial charge in [0.2, 0.25) is 0 Å². The van der Waals surface area contributed by atoms with Gasteiger partial charge in [-0.25, -0.2) is 0 Å². The van der Waals surface area contributed by atoms with Crippen molar-refractivity contribution in [1.29, 1.82) is 0 Å². The molecule has 0 aromatic rings. The van der Waals surface area contributed by atoms with Crippen molar-refractivity contribution in [2.75, 3.05) is 62.5 Å². The van der Waals surface area contributed by atoms with Gasteiger partial charge in [0, 0.05) is 61.4 Å². The first-order valence-electron chi connectivity index (χ1n) is 12.0. The molecule has 0 N–H and O–H groups in total. The van der Waals surface area contributed by atoms with Crippen LogP contribution in [0.5, 0.6) is 0 Å². The zero-order valence-electron chi connectivity index (χ0n) is 21.7. The van der Waals surface area contributed by atoms with Crippen LogP contribution in [0.3, 0.4) is 0 Å². The lowest BCUT2D eigenvalue weighted by Crippen LogP contribution is -2.42. The van der Waals surface area contributed by atoms with E-state index in [9.17, 15) is 0 Å². The van der Waals surface area contributed by atoms with Crippen LogP contribution in [0.4, 0.5) is 0 Å². The molecule has 0 amide bonds. The Kier molecular flexibility index (Phi) is 20.6. The van der Waals surface area contributed by atoms with Crippen LogP contribution in [0.25, 0.3) is 0 Å². The Balaban J connectivity index is 0.000000604. The molecule has 0 bridgehead atoms. The Morgan fingerprint density at radius 1 is 0.625 bits per heavy atom. The molecule has 0 aromatic carbocycles. The Hall–Kier alpha value is 0.114. The molecule has 10 heteroatoms. The largest absolute Gasteiger partial charge is 0.500 e. The quantitative estimate of drug-likeness (QED) is 0.128. The first kappa shape index (κ1) is 32.1. The van der Waals surface area contributed by atoms with E-state index < -0.39 is 17.6 Å². The van der Waals surface area contributed by atoms with Crippen molar-refractivity contribution >= 4 is 17.6 Å². The molecule has 1 heterocycles. The minimum absolute atomic E-state index is 0.333. The van der Waals surface area contributed by atoms with Crippen LogP contribution < -0.4 is 0 Å². The molecule has 1 saturated heterocycles. The molecule has 0 saturated carbocycles.